The van der Waals surface area contributed by atoms with Crippen LogP contribution in [0.1, 0.15) is 17.4 Å². The number of ether oxygens (including phenoxy) is 1. The molecule has 5 heteroatoms. The maximum absolute atomic E-state index is 11.3. The fourth-order valence-electron chi connectivity index (χ4n) is 1.21. The van der Waals surface area contributed by atoms with E-state index in [4.69, 9.17) is 20.8 Å². The van der Waals surface area contributed by atoms with E-state index in [1.807, 2.05) is 0 Å². The minimum Gasteiger partial charge on any atom is -0.461 e. The molecule has 0 amide bonds. The molecule has 2 aromatic rings. The lowest BCUT2D eigenvalue weighted by molar-refractivity contribution is 0.0520. The molecule has 2 rings (SSSR count). The van der Waals surface area contributed by atoms with E-state index in [1.165, 1.54) is 0 Å². The molecule has 0 aromatic carbocycles. The number of esters is 1. The van der Waals surface area contributed by atoms with Crippen molar-refractivity contribution in [1.82, 2.24) is 4.98 Å². The lowest BCUT2D eigenvalue weighted by Gasteiger charge is -1.96. The molecule has 0 saturated carbocycles. The van der Waals surface area contributed by atoms with E-state index in [-0.39, 0.29) is 0 Å². The van der Waals surface area contributed by atoms with Crippen LogP contribution in [-0.4, -0.2) is 17.6 Å². The highest BCUT2D eigenvalue weighted by Crippen LogP contribution is 2.23. The first kappa shape index (κ1) is 9.15. The van der Waals surface area contributed by atoms with Crippen molar-refractivity contribution in [3.8, 4) is 0 Å². The molecule has 0 spiro atoms. The second kappa shape index (κ2) is 3.38. The Morgan fingerprint density at radius 2 is 2.43 bits per heavy atom. The highest BCUT2D eigenvalue weighted by molar-refractivity contribution is 6.29. The summed E-state index contributed by atoms with van der Waals surface area (Å²) < 4.78 is 9.92. The number of H-pyrrole nitrogens is 1. The Hall–Kier alpha value is -1.42. The average molecular weight is 214 g/mol. The fourth-order valence-corrected chi connectivity index (χ4v) is 1.40. The predicted octanol–water partition coefficient (Wildman–Crippen LogP) is 2.59. The summed E-state index contributed by atoms with van der Waals surface area (Å²) >= 11 is 5.61. The Morgan fingerprint density at radius 1 is 1.64 bits per heavy atom. The first-order valence-corrected chi connectivity index (χ1v) is 4.53. The largest absolute Gasteiger partial charge is 0.461 e. The van der Waals surface area contributed by atoms with Gasteiger partial charge in [-0.1, -0.05) is 0 Å². The zero-order chi connectivity index (χ0) is 10.1. The molecule has 0 aliphatic rings. The molecule has 0 radical (unpaired) electrons. The van der Waals surface area contributed by atoms with E-state index in [1.54, 1.807) is 19.1 Å². The third-order valence-corrected chi connectivity index (χ3v) is 1.96. The van der Waals surface area contributed by atoms with E-state index >= 15 is 0 Å². The molecule has 2 heterocycles. The summed E-state index contributed by atoms with van der Waals surface area (Å²) in [5.74, 6) is -0.393. The van der Waals surface area contributed by atoms with Gasteiger partial charge in [0.2, 0.25) is 0 Å². The average Bonchev–Trinajstić information content (AvgIpc) is 2.61. The van der Waals surface area contributed by atoms with Gasteiger partial charge < -0.3 is 14.1 Å². The Balaban J connectivity index is 2.36. The summed E-state index contributed by atoms with van der Waals surface area (Å²) in [6.45, 7) is 2.10. The molecule has 0 saturated heterocycles. The van der Waals surface area contributed by atoms with Crippen LogP contribution in [0.4, 0.5) is 0 Å². The molecular formula is C9H8ClNO3. The third kappa shape index (κ3) is 1.48. The van der Waals surface area contributed by atoms with Gasteiger partial charge in [0, 0.05) is 12.1 Å². The Labute approximate surface area is 84.8 Å². The molecule has 0 atom stereocenters. The van der Waals surface area contributed by atoms with Crippen molar-refractivity contribution in [3.05, 3.63) is 23.0 Å². The summed E-state index contributed by atoms with van der Waals surface area (Å²) in [4.78, 5) is 14.1. The molecule has 0 bridgehead atoms. The van der Waals surface area contributed by atoms with E-state index < -0.39 is 5.97 Å². The summed E-state index contributed by atoms with van der Waals surface area (Å²) in [6, 6.07) is 3.18. The molecule has 0 fully saturated rings. The van der Waals surface area contributed by atoms with Gasteiger partial charge in [0.05, 0.1) is 12.1 Å². The molecule has 4 nitrogen and oxygen atoms in total. The number of nitrogens with one attached hydrogen (secondary N) is 1. The predicted molar refractivity (Wildman–Crippen MR) is 51.5 cm³/mol. The number of aromatic nitrogens is 1. The highest BCUT2D eigenvalue weighted by Gasteiger charge is 2.12. The standard InChI is InChI=1S/C9H8ClNO3/c1-2-13-9(12)6-3-7-5(11-6)4-8(10)14-7/h3-4,11H,2H2,1H3. The third-order valence-electron chi connectivity index (χ3n) is 1.77. The summed E-state index contributed by atoms with van der Waals surface area (Å²) in [5.41, 5.74) is 1.62. The van der Waals surface area contributed by atoms with Gasteiger partial charge in [-0.05, 0) is 18.5 Å². The Morgan fingerprint density at radius 3 is 3.07 bits per heavy atom. The number of fused-ring (bicyclic) bond motifs is 1. The zero-order valence-corrected chi connectivity index (χ0v) is 8.22. The van der Waals surface area contributed by atoms with Crippen LogP contribution in [0, 0.1) is 0 Å². The topological polar surface area (TPSA) is 55.2 Å². The van der Waals surface area contributed by atoms with Crippen molar-refractivity contribution in [1.29, 1.82) is 0 Å². The van der Waals surface area contributed by atoms with Crippen LogP contribution in [-0.2, 0) is 4.74 Å². The van der Waals surface area contributed by atoms with Gasteiger partial charge in [0.15, 0.2) is 10.8 Å². The second-order valence-electron chi connectivity index (χ2n) is 2.73. The van der Waals surface area contributed by atoms with Crippen molar-refractivity contribution < 1.29 is 13.9 Å². The van der Waals surface area contributed by atoms with Crippen LogP contribution in [0.5, 0.6) is 0 Å². The van der Waals surface area contributed by atoms with Crippen LogP contribution in [0.2, 0.25) is 5.22 Å². The zero-order valence-electron chi connectivity index (χ0n) is 7.46. The first-order valence-electron chi connectivity index (χ1n) is 4.16. The maximum Gasteiger partial charge on any atom is 0.354 e. The monoisotopic (exact) mass is 213 g/mol. The lowest BCUT2D eigenvalue weighted by Crippen LogP contribution is -2.04. The summed E-state index contributed by atoms with van der Waals surface area (Å²) in [5, 5.41) is 0.293. The number of furan rings is 1. The van der Waals surface area contributed by atoms with E-state index in [0.717, 1.165) is 0 Å². The molecule has 2 aromatic heterocycles. The van der Waals surface area contributed by atoms with Crippen LogP contribution < -0.4 is 0 Å². The van der Waals surface area contributed by atoms with Gasteiger partial charge >= 0.3 is 5.97 Å². The molecule has 0 aliphatic carbocycles. The fraction of sp³-hybridized carbons (Fsp3) is 0.222. The summed E-state index contributed by atoms with van der Waals surface area (Å²) in [6.07, 6.45) is 0. The first-order chi connectivity index (χ1) is 6.70. The number of hydrogen-bond donors (Lipinski definition) is 1. The van der Waals surface area contributed by atoms with Crippen LogP contribution in [0.15, 0.2) is 16.5 Å². The summed E-state index contributed by atoms with van der Waals surface area (Å²) in [7, 11) is 0. The smallest absolute Gasteiger partial charge is 0.354 e. The molecule has 14 heavy (non-hydrogen) atoms. The Kier molecular flexibility index (Phi) is 2.21. The van der Waals surface area contributed by atoms with E-state index in [0.29, 0.717) is 28.6 Å². The number of rotatable bonds is 2. The second-order valence-corrected chi connectivity index (χ2v) is 3.10. The number of aromatic amines is 1. The molecule has 0 unspecified atom stereocenters. The van der Waals surface area contributed by atoms with Crippen molar-refractivity contribution in [3.63, 3.8) is 0 Å². The Bertz CT molecular complexity index is 440. The van der Waals surface area contributed by atoms with Crippen LogP contribution in [0.25, 0.3) is 11.1 Å². The van der Waals surface area contributed by atoms with Crippen molar-refractivity contribution in [2.75, 3.05) is 6.61 Å². The van der Waals surface area contributed by atoms with Crippen LogP contribution >= 0.6 is 11.6 Å². The van der Waals surface area contributed by atoms with Gasteiger partial charge in [-0.25, -0.2) is 4.79 Å². The van der Waals surface area contributed by atoms with E-state index in [9.17, 15) is 4.79 Å². The van der Waals surface area contributed by atoms with Crippen molar-refractivity contribution >= 4 is 28.7 Å². The van der Waals surface area contributed by atoms with Gasteiger partial charge in [-0.2, -0.15) is 0 Å². The normalized spacial score (nSPS) is 10.7. The van der Waals surface area contributed by atoms with Gasteiger partial charge in [-0.3, -0.25) is 0 Å². The SMILES string of the molecule is CCOC(=O)c1cc2oc(Cl)cc2[nH]1. The highest BCUT2D eigenvalue weighted by atomic mass is 35.5. The van der Waals surface area contributed by atoms with Crippen LogP contribution in [0.3, 0.4) is 0 Å². The molecule has 1 N–H and O–H groups in total. The quantitative estimate of drug-likeness (QED) is 0.781. The number of hydrogen-bond acceptors (Lipinski definition) is 3. The minimum atomic E-state index is -0.393. The minimum absolute atomic E-state index is 0.293. The van der Waals surface area contributed by atoms with Crippen molar-refractivity contribution in [2.24, 2.45) is 0 Å². The lowest BCUT2D eigenvalue weighted by atomic mass is 10.4. The number of carbonyl (C=O) groups is 1. The van der Waals surface area contributed by atoms with Gasteiger partial charge in [0.25, 0.3) is 0 Å². The number of halogens is 1. The molecule has 74 valence electrons. The molecular weight excluding hydrogens is 206 g/mol. The van der Waals surface area contributed by atoms with Gasteiger partial charge in [-0.15, -0.1) is 0 Å². The molecule has 0 aliphatic heterocycles. The van der Waals surface area contributed by atoms with E-state index in [2.05, 4.69) is 4.98 Å². The maximum atomic E-state index is 11.3. The van der Waals surface area contributed by atoms with Gasteiger partial charge in [0.1, 0.15) is 5.69 Å². The van der Waals surface area contributed by atoms with Crippen molar-refractivity contribution in [2.45, 2.75) is 6.92 Å². The number of carbonyl (C=O) groups excluding carboxylic acids is 1.